The Morgan fingerprint density at radius 2 is 0.539 bits per heavy atom. The largest absolute Gasteiger partial charge is 0.472 e. The van der Waals surface area contributed by atoms with Crippen LogP contribution in [0.3, 0.4) is 0 Å². The van der Waals surface area contributed by atoms with E-state index in [4.69, 9.17) is 37.0 Å². The summed E-state index contributed by atoms with van der Waals surface area (Å²) in [5.41, 5.74) is 0. The summed E-state index contributed by atoms with van der Waals surface area (Å²) in [4.78, 5) is 72.5. The molecule has 17 nitrogen and oxygen atoms in total. The summed E-state index contributed by atoms with van der Waals surface area (Å²) >= 11 is 0. The van der Waals surface area contributed by atoms with E-state index in [1.54, 1.807) is 0 Å². The molecule has 0 fully saturated rings. The molecule has 0 amide bonds. The molecule has 19 heteroatoms. The number of phosphoric ester groups is 2. The summed E-state index contributed by atoms with van der Waals surface area (Å²) in [5.74, 6) is 0.905. The molecule has 0 aliphatic carbocycles. The van der Waals surface area contributed by atoms with Gasteiger partial charge in [-0.3, -0.25) is 37.3 Å². The SMILES string of the molecule is CCC(C)CCCCCCCCCCCCC(=O)OC[C@H](COP(=O)(O)OCC(O)COP(=O)(O)OC[C@@H](COC(=O)CCCCCCCCCC(C)C)OC(=O)CCCCCCCCCCCCC(C)C)OC(=O)CCCCCCCCCCC(C)CC. The van der Waals surface area contributed by atoms with Gasteiger partial charge >= 0.3 is 39.5 Å². The molecule has 0 radical (unpaired) electrons. The first kappa shape index (κ1) is 87.1. The van der Waals surface area contributed by atoms with Gasteiger partial charge in [-0.15, -0.1) is 0 Å². The molecule has 0 aromatic rings. The maximum atomic E-state index is 13.0. The average molecular weight is 1310 g/mol. The number of aliphatic hydroxyl groups is 1. The van der Waals surface area contributed by atoms with Crippen molar-refractivity contribution in [2.75, 3.05) is 39.6 Å². The lowest BCUT2D eigenvalue weighted by molar-refractivity contribution is -0.161. The number of ether oxygens (including phenoxy) is 4. The highest BCUT2D eigenvalue weighted by Gasteiger charge is 2.30. The van der Waals surface area contributed by atoms with Crippen molar-refractivity contribution in [1.82, 2.24) is 0 Å². The third-order valence-corrected chi connectivity index (χ3v) is 18.7. The molecular formula is C70H136O17P2. The monoisotopic (exact) mass is 1310 g/mol. The Morgan fingerprint density at radius 1 is 0.315 bits per heavy atom. The van der Waals surface area contributed by atoms with E-state index >= 15 is 0 Å². The molecule has 7 atom stereocenters. The zero-order valence-corrected chi connectivity index (χ0v) is 59.8. The van der Waals surface area contributed by atoms with Crippen LogP contribution in [0.2, 0.25) is 0 Å². The van der Waals surface area contributed by atoms with Gasteiger partial charge in [0.05, 0.1) is 26.4 Å². The molecule has 0 rings (SSSR count). The van der Waals surface area contributed by atoms with Crippen molar-refractivity contribution in [3.63, 3.8) is 0 Å². The molecule has 0 aromatic heterocycles. The first-order chi connectivity index (χ1) is 42.7. The van der Waals surface area contributed by atoms with Gasteiger partial charge in [0.15, 0.2) is 12.2 Å². The van der Waals surface area contributed by atoms with Gasteiger partial charge in [0.2, 0.25) is 0 Å². The number of esters is 4. The predicted octanol–water partition coefficient (Wildman–Crippen LogP) is 19.7. The molecule has 89 heavy (non-hydrogen) atoms. The number of unbranched alkanes of at least 4 members (excludes halogenated alkanes) is 31. The lowest BCUT2D eigenvalue weighted by atomic mass is 9.99. The second kappa shape index (κ2) is 59.8. The summed E-state index contributed by atoms with van der Waals surface area (Å²) in [6.07, 6.45) is 41.6. The highest BCUT2D eigenvalue weighted by Crippen LogP contribution is 2.45. The topological polar surface area (TPSA) is 237 Å². The Labute approximate surface area is 543 Å². The molecule has 0 aliphatic heterocycles. The van der Waals surface area contributed by atoms with Crippen molar-refractivity contribution in [2.24, 2.45) is 23.7 Å². The van der Waals surface area contributed by atoms with Crippen LogP contribution < -0.4 is 0 Å². The third-order valence-electron chi connectivity index (χ3n) is 16.8. The van der Waals surface area contributed by atoms with E-state index in [-0.39, 0.29) is 25.7 Å². The van der Waals surface area contributed by atoms with Gasteiger partial charge in [0, 0.05) is 25.7 Å². The highest BCUT2D eigenvalue weighted by molar-refractivity contribution is 7.47. The van der Waals surface area contributed by atoms with Crippen LogP contribution in [0, 0.1) is 23.7 Å². The van der Waals surface area contributed by atoms with Crippen molar-refractivity contribution >= 4 is 39.5 Å². The normalized spacial score (nSPS) is 14.9. The molecule has 0 aliphatic rings. The molecule has 0 aromatic carbocycles. The van der Waals surface area contributed by atoms with Crippen molar-refractivity contribution in [3.05, 3.63) is 0 Å². The van der Waals surface area contributed by atoms with Crippen LogP contribution >= 0.6 is 15.6 Å². The Bertz CT molecular complexity index is 1770. The Balaban J connectivity index is 5.27. The molecule has 0 spiro atoms. The standard InChI is InChI=1S/C70H136O17P2/c1-9-62(7)48-40-32-24-16-12-14-17-26-34-42-50-67(72)80-56-65(87-70(75)53-45-37-28-20-19-25-33-41-49-63(8)10-2)58-84-88(76,77)82-54-64(71)55-83-89(78,79)85-59-66(57-81-68(73)51-43-35-29-21-23-31-39-47-61(5)6)86-69(74)52-44-36-27-18-13-11-15-22-30-38-46-60(3)4/h60-66,71H,9-59H2,1-8H3,(H,76,77)(H,78,79)/t62?,63?,64?,65-,66-/m1/s1. The Hall–Kier alpha value is -1.94. The van der Waals surface area contributed by atoms with E-state index < -0.39 is 97.5 Å². The van der Waals surface area contributed by atoms with E-state index in [0.717, 1.165) is 114 Å². The zero-order valence-electron chi connectivity index (χ0n) is 58.1. The van der Waals surface area contributed by atoms with E-state index in [2.05, 4.69) is 55.4 Å². The van der Waals surface area contributed by atoms with E-state index in [1.807, 2.05) is 0 Å². The van der Waals surface area contributed by atoms with Gasteiger partial charge in [-0.1, -0.05) is 293 Å². The molecular weight excluding hydrogens is 1170 g/mol. The minimum absolute atomic E-state index is 0.104. The fourth-order valence-corrected chi connectivity index (χ4v) is 12.0. The van der Waals surface area contributed by atoms with Crippen molar-refractivity contribution in [3.8, 4) is 0 Å². The predicted molar refractivity (Wildman–Crippen MR) is 358 cm³/mol. The van der Waals surface area contributed by atoms with Crippen LogP contribution in [-0.4, -0.2) is 96.7 Å². The van der Waals surface area contributed by atoms with Crippen LogP contribution in [0.5, 0.6) is 0 Å². The molecule has 5 unspecified atom stereocenters. The maximum absolute atomic E-state index is 13.0. The average Bonchev–Trinajstić information content (AvgIpc) is 3.62. The lowest BCUT2D eigenvalue weighted by Gasteiger charge is -2.21. The van der Waals surface area contributed by atoms with Gasteiger partial charge in [0.25, 0.3) is 0 Å². The van der Waals surface area contributed by atoms with Gasteiger partial charge in [0.1, 0.15) is 19.3 Å². The number of phosphoric acid groups is 2. The smallest absolute Gasteiger partial charge is 0.462 e. The second-order valence-corrected chi connectivity index (χ2v) is 29.6. The van der Waals surface area contributed by atoms with E-state index in [0.29, 0.717) is 31.6 Å². The van der Waals surface area contributed by atoms with Crippen molar-refractivity contribution in [1.29, 1.82) is 0 Å². The fourth-order valence-electron chi connectivity index (χ4n) is 10.4. The summed E-state index contributed by atoms with van der Waals surface area (Å²) in [5, 5.41) is 10.6. The van der Waals surface area contributed by atoms with Crippen LogP contribution in [-0.2, 0) is 65.4 Å². The quantitative estimate of drug-likeness (QED) is 0.0222. The Kier molecular flexibility index (Phi) is 58.5. The first-order valence-corrected chi connectivity index (χ1v) is 39.3. The van der Waals surface area contributed by atoms with E-state index in [9.17, 15) is 43.2 Å². The van der Waals surface area contributed by atoms with Crippen molar-refractivity contribution in [2.45, 2.75) is 363 Å². The third kappa shape index (κ3) is 62.0. The minimum atomic E-state index is -4.95. The summed E-state index contributed by atoms with van der Waals surface area (Å²) in [6.45, 7) is 14.1. The summed E-state index contributed by atoms with van der Waals surface area (Å²) in [7, 11) is -9.90. The molecule has 0 heterocycles. The number of carbonyl (C=O) groups is 4. The van der Waals surface area contributed by atoms with Crippen molar-refractivity contribution < 1.29 is 80.2 Å². The van der Waals surface area contributed by atoms with Gasteiger partial charge in [-0.25, -0.2) is 9.13 Å². The van der Waals surface area contributed by atoms with Crippen LogP contribution in [0.4, 0.5) is 0 Å². The molecule has 0 saturated carbocycles. The van der Waals surface area contributed by atoms with E-state index in [1.165, 1.54) is 141 Å². The number of carbonyl (C=O) groups excluding carboxylic acids is 4. The Morgan fingerprint density at radius 3 is 0.798 bits per heavy atom. The first-order valence-electron chi connectivity index (χ1n) is 36.3. The molecule has 0 saturated heterocycles. The molecule has 3 N–H and O–H groups in total. The van der Waals surface area contributed by atoms with Gasteiger partial charge in [-0.05, 0) is 49.4 Å². The number of hydrogen-bond acceptors (Lipinski definition) is 15. The zero-order chi connectivity index (χ0) is 66.1. The number of hydrogen-bond donors (Lipinski definition) is 3. The second-order valence-electron chi connectivity index (χ2n) is 26.7. The molecule has 528 valence electrons. The molecule has 0 bridgehead atoms. The maximum Gasteiger partial charge on any atom is 0.472 e. The number of aliphatic hydroxyl groups excluding tert-OH is 1. The van der Waals surface area contributed by atoms with Crippen LogP contribution in [0.15, 0.2) is 0 Å². The summed E-state index contributed by atoms with van der Waals surface area (Å²) < 4.78 is 68.3. The highest BCUT2D eigenvalue weighted by atomic mass is 31.2. The fraction of sp³-hybridized carbons (Fsp3) is 0.943. The van der Waals surface area contributed by atoms with Gasteiger partial charge in [-0.2, -0.15) is 0 Å². The summed E-state index contributed by atoms with van der Waals surface area (Å²) in [6, 6.07) is 0. The van der Waals surface area contributed by atoms with Crippen LogP contribution in [0.25, 0.3) is 0 Å². The number of rotatable bonds is 67. The van der Waals surface area contributed by atoms with Gasteiger partial charge < -0.3 is 33.8 Å². The minimum Gasteiger partial charge on any atom is -0.462 e. The lowest BCUT2D eigenvalue weighted by Crippen LogP contribution is -2.30. The van der Waals surface area contributed by atoms with Crippen LogP contribution in [0.1, 0.15) is 344 Å².